The van der Waals surface area contributed by atoms with Crippen molar-refractivity contribution in [1.82, 2.24) is 14.9 Å². The van der Waals surface area contributed by atoms with Crippen molar-refractivity contribution in [2.24, 2.45) is 0 Å². The lowest BCUT2D eigenvalue weighted by Crippen LogP contribution is -2.17. The maximum atomic E-state index is 5.75. The Morgan fingerprint density at radius 2 is 2.15 bits per heavy atom. The van der Waals surface area contributed by atoms with Gasteiger partial charge < -0.3 is 25.0 Å². The first-order valence-electron chi connectivity index (χ1n) is 8.82. The Balaban J connectivity index is 1.68. The van der Waals surface area contributed by atoms with Crippen LogP contribution in [0.5, 0.6) is 11.5 Å². The number of likely N-dealkylation sites (N-methyl/N-ethyl adjacent to an activating group) is 1. The van der Waals surface area contributed by atoms with Crippen molar-refractivity contribution in [2.75, 3.05) is 44.6 Å². The van der Waals surface area contributed by atoms with Gasteiger partial charge in [-0.15, -0.1) is 0 Å². The van der Waals surface area contributed by atoms with E-state index in [1.807, 2.05) is 19.2 Å². The summed E-state index contributed by atoms with van der Waals surface area (Å²) >= 11 is 0. The molecule has 0 saturated heterocycles. The molecule has 1 aromatic carbocycles. The van der Waals surface area contributed by atoms with Crippen molar-refractivity contribution in [3.05, 3.63) is 36.0 Å². The minimum atomic E-state index is 0.255. The molecule has 7 nitrogen and oxygen atoms in total. The molecule has 0 radical (unpaired) electrons. The van der Waals surface area contributed by atoms with Gasteiger partial charge in [0.15, 0.2) is 11.5 Å². The Labute approximate surface area is 153 Å². The van der Waals surface area contributed by atoms with E-state index in [2.05, 4.69) is 44.7 Å². The standard InChI is InChI=1S/C19H23N5O2/c1-20-17-5-7-21-19(23-17)22-14-10-15(18-16(11-14)25-12-26-18)13-4-3-8-24(2)9-6-13/h5-7,10-11H,3-4,8-9,12H2,1-2H3,(H2,20,21,22,23). The maximum Gasteiger partial charge on any atom is 0.231 e. The highest BCUT2D eigenvalue weighted by Crippen LogP contribution is 2.43. The van der Waals surface area contributed by atoms with Gasteiger partial charge in [0, 0.05) is 37.1 Å². The molecule has 7 heteroatoms. The number of nitrogens with zero attached hydrogens (tertiary/aromatic N) is 3. The fourth-order valence-corrected chi connectivity index (χ4v) is 3.25. The summed E-state index contributed by atoms with van der Waals surface area (Å²) in [5.41, 5.74) is 3.27. The Hall–Kier alpha value is -2.80. The van der Waals surface area contributed by atoms with E-state index in [1.165, 1.54) is 5.57 Å². The van der Waals surface area contributed by atoms with Crippen molar-refractivity contribution < 1.29 is 9.47 Å². The van der Waals surface area contributed by atoms with Gasteiger partial charge in [0.2, 0.25) is 12.7 Å². The number of aromatic nitrogens is 2. The van der Waals surface area contributed by atoms with E-state index in [0.29, 0.717) is 5.95 Å². The molecule has 0 bridgehead atoms. The lowest BCUT2D eigenvalue weighted by molar-refractivity contribution is 0.173. The fourth-order valence-electron chi connectivity index (χ4n) is 3.25. The van der Waals surface area contributed by atoms with E-state index >= 15 is 0 Å². The molecule has 2 aromatic rings. The lowest BCUT2D eigenvalue weighted by Gasteiger charge is -2.13. The van der Waals surface area contributed by atoms with Gasteiger partial charge in [-0.3, -0.25) is 0 Å². The summed E-state index contributed by atoms with van der Waals surface area (Å²) in [7, 11) is 3.98. The molecule has 136 valence electrons. The fraction of sp³-hybridized carbons (Fsp3) is 0.368. The van der Waals surface area contributed by atoms with Crippen LogP contribution in [-0.4, -0.2) is 48.8 Å². The summed E-state index contributed by atoms with van der Waals surface area (Å²) in [6, 6.07) is 5.85. The van der Waals surface area contributed by atoms with Crippen LogP contribution < -0.4 is 20.1 Å². The van der Waals surface area contributed by atoms with E-state index < -0.39 is 0 Å². The highest BCUT2D eigenvalue weighted by atomic mass is 16.7. The molecule has 0 fully saturated rings. The number of fused-ring (bicyclic) bond motifs is 1. The number of benzene rings is 1. The second kappa shape index (κ2) is 7.21. The van der Waals surface area contributed by atoms with Crippen LogP contribution in [0.2, 0.25) is 0 Å². The van der Waals surface area contributed by atoms with E-state index in [-0.39, 0.29) is 6.79 Å². The first-order valence-corrected chi connectivity index (χ1v) is 8.82. The summed E-state index contributed by atoms with van der Waals surface area (Å²) in [6.07, 6.45) is 6.16. The van der Waals surface area contributed by atoms with E-state index in [1.54, 1.807) is 6.20 Å². The van der Waals surface area contributed by atoms with Crippen molar-refractivity contribution in [3.63, 3.8) is 0 Å². The van der Waals surface area contributed by atoms with Crippen LogP contribution in [0.1, 0.15) is 18.4 Å². The van der Waals surface area contributed by atoms with E-state index in [9.17, 15) is 0 Å². The Morgan fingerprint density at radius 3 is 3.04 bits per heavy atom. The van der Waals surface area contributed by atoms with Gasteiger partial charge in [-0.05, 0) is 44.1 Å². The van der Waals surface area contributed by atoms with Crippen LogP contribution in [0, 0.1) is 0 Å². The van der Waals surface area contributed by atoms with E-state index in [4.69, 9.17) is 9.47 Å². The third kappa shape index (κ3) is 3.43. The Kier molecular flexibility index (Phi) is 4.62. The van der Waals surface area contributed by atoms with Gasteiger partial charge in [-0.25, -0.2) is 4.98 Å². The minimum absolute atomic E-state index is 0.255. The number of allylic oxidation sites excluding steroid dienone is 1. The summed E-state index contributed by atoms with van der Waals surface area (Å²) in [6.45, 7) is 2.29. The smallest absolute Gasteiger partial charge is 0.231 e. The van der Waals surface area contributed by atoms with Gasteiger partial charge in [0.1, 0.15) is 5.82 Å². The van der Waals surface area contributed by atoms with Crippen LogP contribution in [0.25, 0.3) is 5.57 Å². The number of ether oxygens (including phenoxy) is 2. The molecule has 0 spiro atoms. The third-order valence-corrected chi connectivity index (χ3v) is 4.62. The number of nitrogens with one attached hydrogen (secondary N) is 2. The second-order valence-electron chi connectivity index (χ2n) is 6.49. The number of hydrogen-bond donors (Lipinski definition) is 2. The zero-order valence-corrected chi connectivity index (χ0v) is 15.1. The Bertz CT molecular complexity index is 837. The molecule has 1 aromatic heterocycles. The van der Waals surface area contributed by atoms with Crippen LogP contribution >= 0.6 is 0 Å². The average Bonchev–Trinajstić information content (AvgIpc) is 3.02. The largest absolute Gasteiger partial charge is 0.453 e. The second-order valence-corrected chi connectivity index (χ2v) is 6.49. The molecule has 0 unspecified atom stereocenters. The van der Waals surface area contributed by atoms with Crippen LogP contribution in [0.15, 0.2) is 30.5 Å². The highest BCUT2D eigenvalue weighted by Gasteiger charge is 2.22. The van der Waals surface area contributed by atoms with Crippen LogP contribution in [0.3, 0.4) is 0 Å². The van der Waals surface area contributed by atoms with Crippen molar-refractivity contribution in [2.45, 2.75) is 12.8 Å². The summed E-state index contributed by atoms with van der Waals surface area (Å²) in [5.74, 6) is 2.89. The van der Waals surface area contributed by atoms with Crippen LogP contribution in [-0.2, 0) is 0 Å². The molecule has 0 atom stereocenters. The van der Waals surface area contributed by atoms with Gasteiger partial charge >= 0.3 is 0 Å². The van der Waals surface area contributed by atoms with Crippen LogP contribution in [0.4, 0.5) is 17.5 Å². The van der Waals surface area contributed by atoms with Crippen molar-refractivity contribution >= 4 is 23.0 Å². The lowest BCUT2D eigenvalue weighted by atomic mass is 9.99. The molecule has 2 aliphatic heterocycles. The maximum absolute atomic E-state index is 5.75. The van der Waals surface area contributed by atoms with Crippen molar-refractivity contribution in [1.29, 1.82) is 0 Å². The third-order valence-electron chi connectivity index (χ3n) is 4.62. The zero-order valence-electron chi connectivity index (χ0n) is 15.1. The predicted octanol–water partition coefficient (Wildman–Crippen LogP) is 3.10. The SMILES string of the molecule is CNc1ccnc(Nc2cc3c(c(C4=CCN(C)CCC4)c2)OCO3)n1. The molecule has 0 aliphatic carbocycles. The summed E-state index contributed by atoms with van der Waals surface area (Å²) in [4.78, 5) is 11.0. The quantitative estimate of drug-likeness (QED) is 0.875. The molecule has 4 rings (SSSR count). The molecule has 3 heterocycles. The van der Waals surface area contributed by atoms with Gasteiger partial charge in [-0.1, -0.05) is 6.08 Å². The van der Waals surface area contributed by atoms with Gasteiger partial charge in [0.25, 0.3) is 0 Å². The molecule has 0 amide bonds. The molecule has 26 heavy (non-hydrogen) atoms. The van der Waals surface area contributed by atoms with Gasteiger partial charge in [0.05, 0.1) is 0 Å². The first-order chi connectivity index (χ1) is 12.7. The average molecular weight is 353 g/mol. The summed E-state index contributed by atoms with van der Waals surface area (Å²) in [5, 5.41) is 6.30. The topological polar surface area (TPSA) is 71.5 Å². The van der Waals surface area contributed by atoms with Gasteiger partial charge in [-0.2, -0.15) is 4.98 Å². The molecular formula is C19H23N5O2. The number of rotatable bonds is 4. The molecule has 2 aliphatic rings. The summed E-state index contributed by atoms with van der Waals surface area (Å²) < 4.78 is 11.4. The number of hydrogen-bond acceptors (Lipinski definition) is 7. The minimum Gasteiger partial charge on any atom is -0.453 e. The normalized spacial score (nSPS) is 16.8. The molecule has 2 N–H and O–H groups in total. The van der Waals surface area contributed by atoms with Crippen molar-refractivity contribution in [3.8, 4) is 11.5 Å². The molecular weight excluding hydrogens is 330 g/mol. The zero-order chi connectivity index (χ0) is 17.9. The molecule has 0 saturated carbocycles. The van der Waals surface area contributed by atoms with E-state index in [0.717, 1.165) is 54.5 Å². The predicted molar refractivity (Wildman–Crippen MR) is 102 cm³/mol. The monoisotopic (exact) mass is 353 g/mol. The Morgan fingerprint density at radius 1 is 1.23 bits per heavy atom. The number of anilines is 3. The first kappa shape index (κ1) is 16.7. The highest BCUT2D eigenvalue weighted by molar-refractivity contribution is 5.78.